The summed E-state index contributed by atoms with van der Waals surface area (Å²) in [5.74, 6) is -0.537. The highest BCUT2D eigenvalue weighted by Crippen LogP contribution is 2.31. The Balaban J connectivity index is 2.14. The number of carbonyl (C=O) groups excluding carboxylic acids is 1. The Morgan fingerprint density at radius 2 is 2.04 bits per heavy atom. The van der Waals surface area contributed by atoms with Gasteiger partial charge in [-0.15, -0.1) is 0 Å². The number of rotatable bonds is 7. The molecule has 7 nitrogen and oxygen atoms in total. The van der Waals surface area contributed by atoms with Gasteiger partial charge in [0.25, 0.3) is 5.69 Å². The van der Waals surface area contributed by atoms with Crippen LogP contribution in [0.5, 0.6) is 5.75 Å². The van der Waals surface area contributed by atoms with Crippen LogP contribution in [-0.2, 0) is 4.74 Å². The third-order valence-electron chi connectivity index (χ3n) is 3.48. The van der Waals surface area contributed by atoms with Crippen molar-refractivity contribution in [2.24, 2.45) is 4.99 Å². The van der Waals surface area contributed by atoms with E-state index >= 15 is 0 Å². The Labute approximate surface area is 158 Å². The van der Waals surface area contributed by atoms with E-state index in [1.54, 1.807) is 24.3 Å². The molecule has 0 fully saturated rings. The average Bonchev–Trinajstić information content (AvgIpc) is 2.63. The number of phenols is 1. The molecule has 0 bridgehead atoms. The van der Waals surface area contributed by atoms with Crippen LogP contribution in [-0.4, -0.2) is 28.8 Å². The molecule has 2 rings (SSSR count). The van der Waals surface area contributed by atoms with E-state index in [0.29, 0.717) is 17.9 Å². The molecule has 0 heterocycles. The van der Waals surface area contributed by atoms with Gasteiger partial charge in [0.1, 0.15) is 5.75 Å². The predicted molar refractivity (Wildman–Crippen MR) is 101 cm³/mol. The van der Waals surface area contributed by atoms with Crippen molar-refractivity contribution in [3.63, 3.8) is 0 Å². The number of carbonyl (C=O) groups is 1. The maximum atomic E-state index is 11.8. The molecule has 136 valence electrons. The largest absolute Gasteiger partial charge is 0.506 e. The van der Waals surface area contributed by atoms with Crippen LogP contribution in [0.2, 0.25) is 0 Å². The monoisotopic (exact) mass is 420 g/mol. The topological polar surface area (TPSA) is 102 Å². The summed E-state index contributed by atoms with van der Waals surface area (Å²) in [6, 6.07) is 8.86. The fourth-order valence-corrected chi connectivity index (χ4v) is 2.49. The zero-order valence-corrected chi connectivity index (χ0v) is 15.6. The molecule has 1 N–H and O–H groups in total. The maximum Gasteiger partial charge on any atom is 0.338 e. The van der Waals surface area contributed by atoms with Crippen molar-refractivity contribution in [1.29, 1.82) is 0 Å². The molecule has 8 heteroatoms. The number of hydrogen-bond acceptors (Lipinski definition) is 6. The minimum Gasteiger partial charge on any atom is -0.506 e. The molecule has 0 saturated carbocycles. The number of unbranched alkanes of at least 4 members (excludes halogenated alkanes) is 1. The highest BCUT2D eigenvalue weighted by Gasteiger charge is 2.13. The van der Waals surface area contributed by atoms with Crippen molar-refractivity contribution >= 4 is 39.5 Å². The number of phenolic OH excluding ortho intramolecular Hbond substituents is 1. The van der Waals surface area contributed by atoms with Crippen molar-refractivity contribution in [2.75, 3.05) is 6.61 Å². The number of non-ortho nitro benzene ring substituents is 1. The lowest BCUT2D eigenvalue weighted by Gasteiger charge is -2.04. The molecule has 0 saturated heterocycles. The van der Waals surface area contributed by atoms with Crippen LogP contribution in [0.25, 0.3) is 0 Å². The van der Waals surface area contributed by atoms with Gasteiger partial charge in [-0.25, -0.2) is 4.79 Å². The van der Waals surface area contributed by atoms with E-state index in [-0.39, 0.29) is 21.5 Å². The van der Waals surface area contributed by atoms with Gasteiger partial charge >= 0.3 is 5.97 Å². The van der Waals surface area contributed by atoms with E-state index in [1.807, 2.05) is 6.92 Å². The third-order valence-corrected chi connectivity index (χ3v) is 4.08. The Kier molecular flexibility index (Phi) is 6.85. The van der Waals surface area contributed by atoms with Crippen LogP contribution >= 0.6 is 15.9 Å². The van der Waals surface area contributed by atoms with Gasteiger partial charge in [0.2, 0.25) is 0 Å². The summed E-state index contributed by atoms with van der Waals surface area (Å²) in [6.45, 7) is 2.40. The van der Waals surface area contributed by atoms with Gasteiger partial charge in [-0.3, -0.25) is 15.1 Å². The predicted octanol–water partition coefficient (Wildman–Crippen LogP) is 4.77. The lowest BCUT2D eigenvalue weighted by molar-refractivity contribution is -0.385. The maximum absolute atomic E-state index is 11.8. The number of halogens is 1. The number of benzene rings is 2. The van der Waals surface area contributed by atoms with Crippen LogP contribution in [0.15, 0.2) is 45.9 Å². The third kappa shape index (κ3) is 5.13. The molecule has 26 heavy (non-hydrogen) atoms. The summed E-state index contributed by atoms with van der Waals surface area (Å²) < 4.78 is 5.33. The van der Waals surface area contributed by atoms with E-state index in [9.17, 15) is 20.0 Å². The summed E-state index contributed by atoms with van der Waals surface area (Å²) in [5.41, 5.74) is 0.980. The van der Waals surface area contributed by atoms with Crippen molar-refractivity contribution in [1.82, 2.24) is 0 Å². The molecule has 0 aliphatic heterocycles. The fraction of sp³-hybridized carbons (Fsp3) is 0.222. The molecule has 2 aromatic carbocycles. The summed E-state index contributed by atoms with van der Waals surface area (Å²) >= 11 is 3.08. The second kappa shape index (κ2) is 9.10. The standard InChI is InChI=1S/C18H17BrN2O5/c1-2-3-8-26-18(23)12-4-6-14(7-5-12)20-11-13-9-15(21(24)25)10-16(19)17(13)22/h4-7,9-11,22H,2-3,8H2,1H3. The molecule has 0 radical (unpaired) electrons. The van der Waals surface area contributed by atoms with Crippen molar-refractivity contribution in [2.45, 2.75) is 19.8 Å². The van der Waals surface area contributed by atoms with E-state index in [0.717, 1.165) is 12.8 Å². The van der Waals surface area contributed by atoms with Gasteiger partial charge in [0.15, 0.2) is 0 Å². The van der Waals surface area contributed by atoms with E-state index in [2.05, 4.69) is 20.9 Å². The normalized spacial score (nSPS) is 10.8. The quantitative estimate of drug-likeness (QED) is 0.228. The number of ether oxygens (including phenoxy) is 1. The Morgan fingerprint density at radius 3 is 2.65 bits per heavy atom. The number of nitro benzene ring substituents is 1. The van der Waals surface area contributed by atoms with Gasteiger partial charge < -0.3 is 9.84 Å². The SMILES string of the molecule is CCCCOC(=O)c1ccc(N=Cc2cc([N+](=O)[O-])cc(Br)c2O)cc1. The number of aliphatic imine (C=N–C) groups is 1. The van der Waals surface area contributed by atoms with Crippen LogP contribution in [0.1, 0.15) is 35.7 Å². The average molecular weight is 421 g/mol. The zero-order valence-electron chi connectivity index (χ0n) is 14.0. The molecular formula is C18H17BrN2O5. The number of nitrogens with zero attached hydrogens (tertiary/aromatic N) is 2. The van der Waals surface area contributed by atoms with Crippen LogP contribution < -0.4 is 0 Å². The first-order valence-electron chi connectivity index (χ1n) is 7.90. The first-order chi connectivity index (χ1) is 12.4. The Hall–Kier alpha value is -2.74. The summed E-state index contributed by atoms with van der Waals surface area (Å²) in [4.78, 5) is 26.4. The van der Waals surface area contributed by atoms with Crippen LogP contribution in [0.4, 0.5) is 11.4 Å². The molecule has 0 amide bonds. The van der Waals surface area contributed by atoms with Gasteiger partial charge in [0.05, 0.1) is 27.3 Å². The molecule has 0 spiro atoms. The van der Waals surface area contributed by atoms with Gasteiger partial charge in [-0.1, -0.05) is 13.3 Å². The fourth-order valence-electron chi connectivity index (χ4n) is 2.03. The van der Waals surface area contributed by atoms with E-state index < -0.39 is 10.9 Å². The smallest absolute Gasteiger partial charge is 0.338 e. The number of aromatic hydroxyl groups is 1. The molecule has 0 aliphatic rings. The van der Waals surface area contributed by atoms with Gasteiger partial charge in [-0.05, 0) is 46.6 Å². The molecule has 2 aromatic rings. The van der Waals surface area contributed by atoms with Crippen molar-refractivity contribution in [3.8, 4) is 5.75 Å². The first kappa shape index (κ1) is 19.6. The van der Waals surface area contributed by atoms with E-state index in [4.69, 9.17) is 4.74 Å². The van der Waals surface area contributed by atoms with Crippen molar-refractivity contribution < 1.29 is 19.6 Å². The minimum atomic E-state index is -0.555. The van der Waals surface area contributed by atoms with Gasteiger partial charge in [0, 0.05) is 23.9 Å². The highest BCUT2D eigenvalue weighted by molar-refractivity contribution is 9.10. The summed E-state index contributed by atoms with van der Waals surface area (Å²) in [7, 11) is 0. The second-order valence-corrected chi connectivity index (χ2v) is 6.27. The van der Waals surface area contributed by atoms with Crippen molar-refractivity contribution in [3.05, 3.63) is 62.1 Å². The molecule has 0 atom stereocenters. The van der Waals surface area contributed by atoms with Crippen LogP contribution in [0, 0.1) is 10.1 Å². The Bertz CT molecular complexity index is 834. The number of esters is 1. The number of nitro groups is 1. The Morgan fingerprint density at radius 1 is 1.35 bits per heavy atom. The zero-order chi connectivity index (χ0) is 19.1. The molecule has 0 aromatic heterocycles. The summed E-state index contributed by atoms with van der Waals surface area (Å²) in [6.07, 6.45) is 3.08. The number of hydrogen-bond donors (Lipinski definition) is 1. The second-order valence-electron chi connectivity index (χ2n) is 5.42. The lowest BCUT2D eigenvalue weighted by atomic mass is 10.2. The van der Waals surface area contributed by atoms with Crippen LogP contribution in [0.3, 0.4) is 0 Å². The summed E-state index contributed by atoms with van der Waals surface area (Å²) in [5, 5.41) is 20.9. The molecule has 0 aliphatic carbocycles. The minimum absolute atomic E-state index is 0.143. The van der Waals surface area contributed by atoms with Gasteiger partial charge in [-0.2, -0.15) is 0 Å². The highest BCUT2D eigenvalue weighted by atomic mass is 79.9. The lowest BCUT2D eigenvalue weighted by Crippen LogP contribution is -2.05. The van der Waals surface area contributed by atoms with E-state index in [1.165, 1.54) is 18.3 Å². The molecule has 0 unspecified atom stereocenters. The molecular weight excluding hydrogens is 404 g/mol. The first-order valence-corrected chi connectivity index (χ1v) is 8.69.